The van der Waals surface area contributed by atoms with Gasteiger partial charge < -0.3 is 15.4 Å². The van der Waals surface area contributed by atoms with Gasteiger partial charge in [-0.05, 0) is 58.0 Å². The molecule has 1 heterocycles. The van der Waals surface area contributed by atoms with Crippen LogP contribution < -0.4 is 16.0 Å². The molecule has 1 saturated heterocycles. The highest BCUT2D eigenvalue weighted by Crippen LogP contribution is 2.17. The Bertz CT molecular complexity index is 445. The number of rotatable bonds is 3. The second-order valence-electron chi connectivity index (χ2n) is 6.04. The smallest absolute Gasteiger partial charge is 0.412 e. The number of amides is 1. The van der Waals surface area contributed by atoms with Crippen molar-refractivity contribution >= 4 is 17.5 Å². The second-order valence-corrected chi connectivity index (χ2v) is 6.04. The number of hydrogen-bond acceptors (Lipinski definition) is 4. The number of carbonyl (C=O) groups excluding carboxylic acids is 1. The summed E-state index contributed by atoms with van der Waals surface area (Å²) in [5, 5.41) is 9.49. The van der Waals surface area contributed by atoms with Crippen LogP contribution in [0.25, 0.3) is 0 Å². The second kappa shape index (κ2) is 6.13. The van der Waals surface area contributed by atoms with Crippen molar-refractivity contribution in [2.24, 2.45) is 0 Å². The molecule has 3 N–H and O–H groups in total. The minimum Gasteiger partial charge on any atom is -0.444 e. The topological polar surface area (TPSA) is 62.4 Å². The maximum absolute atomic E-state index is 11.6. The third-order valence-corrected chi connectivity index (χ3v) is 2.96. The Morgan fingerprint density at radius 2 is 1.90 bits per heavy atom. The van der Waals surface area contributed by atoms with Gasteiger partial charge >= 0.3 is 6.09 Å². The number of hydrogen-bond donors (Lipinski definition) is 3. The van der Waals surface area contributed by atoms with Gasteiger partial charge in [0.1, 0.15) is 5.60 Å². The fourth-order valence-electron chi connectivity index (χ4n) is 2.08. The lowest BCUT2D eigenvalue weighted by atomic mass is 10.2. The summed E-state index contributed by atoms with van der Waals surface area (Å²) in [7, 11) is 0. The first-order valence-electron chi connectivity index (χ1n) is 7.00. The summed E-state index contributed by atoms with van der Waals surface area (Å²) < 4.78 is 5.21. The standard InChI is InChI=1S/C15H23N3O2/c1-15(2,3)20-14(19)18-12-6-4-11(5-7-12)17-13-8-9-16-10-13/h4-7,13,16-17H,8-10H2,1-3H3,(H,18,19). The molecule has 1 amide bonds. The highest BCUT2D eigenvalue weighted by atomic mass is 16.6. The molecule has 1 fully saturated rings. The Labute approximate surface area is 120 Å². The Kier molecular flexibility index (Phi) is 4.49. The maximum atomic E-state index is 11.6. The van der Waals surface area contributed by atoms with E-state index in [1.165, 1.54) is 0 Å². The lowest BCUT2D eigenvalue weighted by Gasteiger charge is -2.19. The van der Waals surface area contributed by atoms with E-state index in [0.29, 0.717) is 6.04 Å². The summed E-state index contributed by atoms with van der Waals surface area (Å²) in [5.74, 6) is 0. The first-order chi connectivity index (χ1) is 9.42. The largest absolute Gasteiger partial charge is 0.444 e. The van der Waals surface area contributed by atoms with E-state index in [2.05, 4.69) is 16.0 Å². The van der Waals surface area contributed by atoms with Crippen molar-refractivity contribution in [1.82, 2.24) is 5.32 Å². The minimum absolute atomic E-state index is 0.432. The van der Waals surface area contributed by atoms with Crippen LogP contribution in [0.1, 0.15) is 27.2 Å². The molecule has 5 heteroatoms. The van der Waals surface area contributed by atoms with Crippen molar-refractivity contribution in [1.29, 1.82) is 0 Å². The minimum atomic E-state index is -0.485. The van der Waals surface area contributed by atoms with Crippen LogP contribution in [0.3, 0.4) is 0 Å². The molecule has 110 valence electrons. The van der Waals surface area contributed by atoms with Crippen LogP contribution in [-0.4, -0.2) is 30.8 Å². The van der Waals surface area contributed by atoms with Gasteiger partial charge in [0.2, 0.25) is 0 Å². The van der Waals surface area contributed by atoms with Crippen molar-refractivity contribution < 1.29 is 9.53 Å². The maximum Gasteiger partial charge on any atom is 0.412 e. The van der Waals surface area contributed by atoms with Crippen molar-refractivity contribution in [3.05, 3.63) is 24.3 Å². The third-order valence-electron chi connectivity index (χ3n) is 2.96. The normalized spacial score (nSPS) is 18.6. The van der Waals surface area contributed by atoms with E-state index >= 15 is 0 Å². The molecule has 0 aliphatic carbocycles. The fraction of sp³-hybridized carbons (Fsp3) is 0.533. The lowest BCUT2D eigenvalue weighted by Crippen LogP contribution is -2.27. The SMILES string of the molecule is CC(C)(C)OC(=O)Nc1ccc(NC2CCNC2)cc1. The molecule has 0 bridgehead atoms. The first kappa shape index (κ1) is 14.7. The van der Waals surface area contributed by atoms with Gasteiger partial charge in [-0.1, -0.05) is 0 Å². The molecule has 5 nitrogen and oxygen atoms in total. The summed E-state index contributed by atoms with van der Waals surface area (Å²) in [6.07, 6.45) is 0.705. The molecule has 1 unspecified atom stereocenters. The zero-order valence-electron chi connectivity index (χ0n) is 12.3. The number of carbonyl (C=O) groups is 1. The van der Waals surface area contributed by atoms with Crippen LogP contribution in [0.4, 0.5) is 16.2 Å². The van der Waals surface area contributed by atoms with Crippen LogP contribution >= 0.6 is 0 Å². The Balaban J connectivity index is 1.86. The highest BCUT2D eigenvalue weighted by Gasteiger charge is 2.16. The summed E-state index contributed by atoms with van der Waals surface area (Å²) in [6, 6.07) is 8.15. The van der Waals surface area contributed by atoms with E-state index in [4.69, 9.17) is 4.74 Å². The van der Waals surface area contributed by atoms with Gasteiger partial charge in [-0.3, -0.25) is 5.32 Å². The first-order valence-corrected chi connectivity index (χ1v) is 7.00. The zero-order chi connectivity index (χ0) is 14.6. The molecule has 2 rings (SSSR count). The van der Waals surface area contributed by atoms with Gasteiger partial charge in [0.15, 0.2) is 0 Å². The molecule has 0 saturated carbocycles. The van der Waals surface area contributed by atoms with Gasteiger partial charge in [0, 0.05) is 24.0 Å². The summed E-state index contributed by atoms with van der Waals surface area (Å²) in [5.41, 5.74) is 1.31. The van der Waals surface area contributed by atoms with Gasteiger partial charge in [0.25, 0.3) is 0 Å². The van der Waals surface area contributed by atoms with E-state index in [-0.39, 0.29) is 0 Å². The summed E-state index contributed by atoms with van der Waals surface area (Å²) in [4.78, 5) is 11.6. The van der Waals surface area contributed by atoms with Crippen LogP contribution in [0.15, 0.2) is 24.3 Å². The van der Waals surface area contributed by atoms with E-state index in [1.807, 2.05) is 45.0 Å². The van der Waals surface area contributed by atoms with E-state index in [1.54, 1.807) is 0 Å². The van der Waals surface area contributed by atoms with Crippen LogP contribution in [0, 0.1) is 0 Å². The van der Waals surface area contributed by atoms with Gasteiger partial charge in [-0.15, -0.1) is 0 Å². The average Bonchev–Trinajstić information content (AvgIpc) is 2.82. The molecule has 0 spiro atoms. The van der Waals surface area contributed by atoms with Crippen molar-refractivity contribution in [2.45, 2.75) is 38.8 Å². The Hall–Kier alpha value is -1.75. The number of ether oxygens (including phenoxy) is 1. The highest BCUT2D eigenvalue weighted by molar-refractivity contribution is 5.85. The molecular weight excluding hydrogens is 254 g/mol. The predicted molar refractivity (Wildman–Crippen MR) is 81.2 cm³/mol. The molecule has 0 radical (unpaired) electrons. The molecule has 1 atom stereocenters. The number of anilines is 2. The summed E-state index contributed by atoms with van der Waals surface area (Å²) >= 11 is 0. The van der Waals surface area contributed by atoms with Crippen LogP contribution in [0.2, 0.25) is 0 Å². The lowest BCUT2D eigenvalue weighted by molar-refractivity contribution is 0.0636. The number of nitrogens with one attached hydrogen (secondary N) is 3. The van der Waals surface area contributed by atoms with Gasteiger partial charge in [-0.2, -0.15) is 0 Å². The molecule has 1 aliphatic heterocycles. The molecule has 1 aliphatic rings. The molecule has 1 aromatic carbocycles. The quantitative estimate of drug-likeness (QED) is 0.795. The van der Waals surface area contributed by atoms with Crippen LogP contribution in [-0.2, 0) is 4.74 Å². The van der Waals surface area contributed by atoms with Gasteiger partial charge in [-0.25, -0.2) is 4.79 Å². The van der Waals surface area contributed by atoms with E-state index in [9.17, 15) is 4.79 Å². The van der Waals surface area contributed by atoms with E-state index < -0.39 is 11.7 Å². The molecule has 20 heavy (non-hydrogen) atoms. The van der Waals surface area contributed by atoms with E-state index in [0.717, 1.165) is 30.9 Å². The fourth-order valence-corrected chi connectivity index (χ4v) is 2.08. The Morgan fingerprint density at radius 1 is 1.25 bits per heavy atom. The average molecular weight is 277 g/mol. The number of benzene rings is 1. The van der Waals surface area contributed by atoms with Gasteiger partial charge in [0.05, 0.1) is 0 Å². The van der Waals surface area contributed by atoms with Crippen molar-refractivity contribution in [3.63, 3.8) is 0 Å². The molecule has 0 aromatic heterocycles. The summed E-state index contributed by atoms with van der Waals surface area (Å²) in [6.45, 7) is 7.59. The van der Waals surface area contributed by atoms with Crippen LogP contribution in [0.5, 0.6) is 0 Å². The molecule has 1 aromatic rings. The third kappa shape index (κ3) is 4.74. The predicted octanol–water partition coefficient (Wildman–Crippen LogP) is 2.81. The van der Waals surface area contributed by atoms with Crippen molar-refractivity contribution in [3.8, 4) is 0 Å². The van der Waals surface area contributed by atoms with Crippen molar-refractivity contribution in [2.75, 3.05) is 23.7 Å². The zero-order valence-corrected chi connectivity index (χ0v) is 12.3. The Morgan fingerprint density at radius 3 is 2.45 bits per heavy atom. The molecular formula is C15H23N3O2. The monoisotopic (exact) mass is 277 g/mol.